The minimum Gasteiger partial charge on any atom is -0.379 e. The van der Waals surface area contributed by atoms with Gasteiger partial charge in [-0.2, -0.15) is 0 Å². The van der Waals surface area contributed by atoms with E-state index in [0.717, 1.165) is 25.5 Å². The number of halogens is 3. The Morgan fingerprint density at radius 2 is 1.89 bits per heavy atom. The van der Waals surface area contributed by atoms with Crippen LogP contribution in [0, 0.1) is 13.8 Å². The molecule has 96 valence electrons. The highest BCUT2D eigenvalue weighted by molar-refractivity contribution is 9.11. The molecule has 1 nitrogen and oxygen atoms in total. The summed E-state index contributed by atoms with van der Waals surface area (Å²) in [5, 5.41) is 3.45. The van der Waals surface area contributed by atoms with Crippen LogP contribution in [0.3, 0.4) is 0 Å². The number of hydrogen-bond acceptors (Lipinski definition) is 2. The maximum Gasteiger partial charge on any atom is 0.107 e. The van der Waals surface area contributed by atoms with E-state index in [1.807, 2.05) is 0 Å². The molecule has 1 heterocycles. The summed E-state index contributed by atoms with van der Waals surface area (Å²) in [5.41, 5.74) is 3.64. The molecule has 0 saturated carbocycles. The van der Waals surface area contributed by atoms with Crippen LogP contribution in [-0.4, -0.2) is 0 Å². The van der Waals surface area contributed by atoms with Crippen molar-refractivity contribution in [2.24, 2.45) is 0 Å². The summed E-state index contributed by atoms with van der Waals surface area (Å²) < 4.78 is 2.86. The third kappa shape index (κ3) is 3.29. The van der Waals surface area contributed by atoms with Gasteiger partial charge in [-0.05, 0) is 69.0 Å². The molecule has 0 spiro atoms. The maximum atomic E-state index is 6.03. The van der Waals surface area contributed by atoms with Gasteiger partial charge >= 0.3 is 0 Å². The predicted molar refractivity (Wildman–Crippen MR) is 88.0 cm³/mol. The van der Waals surface area contributed by atoms with Crippen LogP contribution in [0.5, 0.6) is 0 Å². The highest BCUT2D eigenvalue weighted by Crippen LogP contribution is 2.33. The predicted octanol–water partition coefficient (Wildman–Crippen LogP) is 6.16. The van der Waals surface area contributed by atoms with Gasteiger partial charge in [-0.25, -0.2) is 0 Å². The summed E-state index contributed by atoms with van der Waals surface area (Å²) in [6.07, 6.45) is 0. The van der Waals surface area contributed by atoms with Gasteiger partial charge in [0.1, 0.15) is 4.34 Å². The molecule has 5 heteroatoms. The van der Waals surface area contributed by atoms with Crippen molar-refractivity contribution >= 4 is 60.5 Å². The monoisotopic (exact) mass is 407 g/mol. The van der Waals surface area contributed by atoms with Gasteiger partial charge in [-0.1, -0.05) is 17.7 Å². The lowest BCUT2D eigenvalue weighted by molar-refractivity contribution is 1.17. The zero-order valence-corrected chi connectivity index (χ0v) is 14.7. The number of thiophene rings is 1. The maximum absolute atomic E-state index is 6.03. The van der Waals surface area contributed by atoms with Gasteiger partial charge in [-0.3, -0.25) is 0 Å². The minimum atomic E-state index is 0.776. The van der Waals surface area contributed by atoms with Crippen LogP contribution < -0.4 is 5.32 Å². The van der Waals surface area contributed by atoms with E-state index >= 15 is 0 Å². The Bertz CT molecular complexity index is 538. The molecule has 0 aliphatic rings. The average molecular weight is 410 g/mol. The van der Waals surface area contributed by atoms with Crippen LogP contribution in [0.25, 0.3) is 0 Å². The van der Waals surface area contributed by atoms with Crippen molar-refractivity contribution in [2.75, 3.05) is 5.32 Å². The third-order valence-electron chi connectivity index (χ3n) is 2.57. The molecule has 18 heavy (non-hydrogen) atoms. The fourth-order valence-electron chi connectivity index (χ4n) is 1.79. The molecule has 0 bridgehead atoms. The second-order valence-electron chi connectivity index (χ2n) is 4.13. The first-order valence-corrected chi connectivity index (χ1v) is 8.19. The second kappa shape index (κ2) is 5.95. The highest BCUT2D eigenvalue weighted by atomic mass is 79.9. The van der Waals surface area contributed by atoms with Crippen LogP contribution in [0.4, 0.5) is 5.69 Å². The summed E-state index contributed by atoms with van der Waals surface area (Å²) >= 11 is 14.6. The molecule has 0 aliphatic carbocycles. The van der Waals surface area contributed by atoms with Crippen LogP contribution in [0.2, 0.25) is 4.34 Å². The molecular weight excluding hydrogens is 397 g/mol. The second-order valence-corrected chi connectivity index (χ2v) is 7.57. The molecule has 1 aromatic carbocycles. The normalized spacial score (nSPS) is 10.7. The lowest BCUT2D eigenvalue weighted by Gasteiger charge is -2.12. The Morgan fingerprint density at radius 3 is 2.44 bits per heavy atom. The van der Waals surface area contributed by atoms with Crippen molar-refractivity contribution in [3.05, 3.63) is 47.5 Å². The molecular formula is C13H12Br2ClNS. The van der Waals surface area contributed by atoms with E-state index in [4.69, 9.17) is 11.6 Å². The van der Waals surface area contributed by atoms with E-state index in [0.29, 0.717) is 0 Å². The third-order valence-corrected chi connectivity index (χ3v) is 5.67. The Hall–Kier alpha value is -0.0300. The first-order chi connectivity index (χ1) is 8.47. The Morgan fingerprint density at radius 1 is 1.17 bits per heavy atom. The van der Waals surface area contributed by atoms with Crippen molar-refractivity contribution in [1.82, 2.24) is 0 Å². The Labute approximate surface area is 133 Å². The quantitative estimate of drug-likeness (QED) is 0.641. The summed E-state index contributed by atoms with van der Waals surface area (Å²) in [6.45, 7) is 4.98. The van der Waals surface area contributed by atoms with Gasteiger partial charge < -0.3 is 5.32 Å². The zero-order valence-electron chi connectivity index (χ0n) is 9.98. The summed E-state index contributed by atoms with van der Waals surface area (Å²) in [4.78, 5) is 1.21. The van der Waals surface area contributed by atoms with E-state index in [2.05, 4.69) is 69.2 Å². The van der Waals surface area contributed by atoms with Crippen LogP contribution in [0.15, 0.2) is 27.1 Å². The summed E-state index contributed by atoms with van der Waals surface area (Å²) in [7, 11) is 0. The Balaban J connectivity index is 2.15. The number of benzene rings is 1. The fraction of sp³-hybridized carbons (Fsp3) is 0.231. The number of aryl methyl sites for hydroxylation is 2. The van der Waals surface area contributed by atoms with Gasteiger partial charge in [0, 0.05) is 20.4 Å². The Kier molecular flexibility index (Phi) is 4.75. The van der Waals surface area contributed by atoms with E-state index in [9.17, 15) is 0 Å². The molecule has 0 saturated heterocycles. The molecule has 0 unspecified atom stereocenters. The first kappa shape index (κ1) is 14.4. The molecule has 2 aromatic rings. The standard InChI is InChI=1S/C13H12Br2ClNS/c1-7-3-8(2)12(10(14)4-7)17-6-9-5-11(15)13(16)18-9/h3-5,17H,6H2,1-2H3. The molecule has 1 aromatic heterocycles. The SMILES string of the molecule is Cc1cc(C)c(NCc2cc(Br)c(Cl)s2)c(Br)c1. The fourth-order valence-corrected chi connectivity index (χ4v) is 4.34. The molecule has 0 atom stereocenters. The number of anilines is 1. The summed E-state index contributed by atoms with van der Waals surface area (Å²) in [5.74, 6) is 0. The largest absolute Gasteiger partial charge is 0.379 e. The summed E-state index contributed by atoms with van der Waals surface area (Å²) in [6, 6.07) is 6.34. The lowest BCUT2D eigenvalue weighted by atomic mass is 10.1. The van der Waals surface area contributed by atoms with Gasteiger partial charge in [0.05, 0.1) is 5.69 Å². The zero-order chi connectivity index (χ0) is 13.3. The smallest absolute Gasteiger partial charge is 0.107 e. The van der Waals surface area contributed by atoms with Gasteiger partial charge in [0.15, 0.2) is 0 Å². The number of hydrogen-bond donors (Lipinski definition) is 1. The minimum absolute atomic E-state index is 0.776. The van der Waals surface area contributed by atoms with Gasteiger partial charge in [0.25, 0.3) is 0 Å². The number of rotatable bonds is 3. The topological polar surface area (TPSA) is 12.0 Å². The van der Waals surface area contributed by atoms with Crippen molar-refractivity contribution in [3.8, 4) is 0 Å². The van der Waals surface area contributed by atoms with Crippen molar-refractivity contribution in [1.29, 1.82) is 0 Å². The molecule has 0 radical (unpaired) electrons. The highest BCUT2D eigenvalue weighted by Gasteiger charge is 2.07. The van der Waals surface area contributed by atoms with Crippen LogP contribution >= 0.6 is 54.8 Å². The van der Waals surface area contributed by atoms with Crippen LogP contribution in [-0.2, 0) is 6.54 Å². The van der Waals surface area contributed by atoms with Crippen molar-refractivity contribution < 1.29 is 0 Å². The van der Waals surface area contributed by atoms with E-state index in [-0.39, 0.29) is 0 Å². The lowest BCUT2D eigenvalue weighted by Crippen LogP contribution is -2.00. The average Bonchev–Trinajstić information content (AvgIpc) is 2.56. The molecule has 0 amide bonds. The van der Waals surface area contributed by atoms with E-state index < -0.39 is 0 Å². The van der Waals surface area contributed by atoms with E-state index in [1.165, 1.54) is 16.0 Å². The molecule has 0 fully saturated rings. The van der Waals surface area contributed by atoms with Crippen molar-refractivity contribution in [3.63, 3.8) is 0 Å². The van der Waals surface area contributed by atoms with Crippen molar-refractivity contribution in [2.45, 2.75) is 20.4 Å². The first-order valence-electron chi connectivity index (χ1n) is 5.41. The molecule has 2 rings (SSSR count). The molecule has 0 aliphatic heterocycles. The van der Waals surface area contributed by atoms with Gasteiger partial charge in [-0.15, -0.1) is 11.3 Å². The number of nitrogens with one attached hydrogen (secondary N) is 1. The van der Waals surface area contributed by atoms with Crippen LogP contribution in [0.1, 0.15) is 16.0 Å². The van der Waals surface area contributed by atoms with E-state index in [1.54, 1.807) is 11.3 Å². The van der Waals surface area contributed by atoms with Gasteiger partial charge in [0.2, 0.25) is 0 Å². The molecule has 1 N–H and O–H groups in total.